The van der Waals surface area contributed by atoms with Gasteiger partial charge >= 0.3 is 5.69 Å². The van der Waals surface area contributed by atoms with Crippen LogP contribution in [0.25, 0.3) is 11.0 Å². The quantitative estimate of drug-likeness (QED) is 0.706. The summed E-state index contributed by atoms with van der Waals surface area (Å²) in [4.78, 5) is 32.6. The minimum atomic E-state index is -0.213. The van der Waals surface area contributed by atoms with E-state index in [-0.39, 0.29) is 17.6 Å². The number of benzene rings is 1. The first-order valence-corrected chi connectivity index (χ1v) is 9.93. The van der Waals surface area contributed by atoms with E-state index in [0.29, 0.717) is 37.7 Å². The fraction of sp³-hybridized carbons (Fsp3) is 0.500. The van der Waals surface area contributed by atoms with Gasteiger partial charge in [-0.2, -0.15) is 5.10 Å². The van der Waals surface area contributed by atoms with Gasteiger partial charge in [-0.05, 0) is 37.3 Å². The highest BCUT2D eigenvalue weighted by Gasteiger charge is 2.23. The Morgan fingerprint density at radius 3 is 2.93 bits per heavy atom. The number of amides is 1. The summed E-state index contributed by atoms with van der Waals surface area (Å²) >= 11 is 0. The second-order valence-electron chi connectivity index (χ2n) is 7.86. The van der Waals surface area contributed by atoms with Gasteiger partial charge in [0.25, 0.3) is 5.91 Å². The molecule has 2 N–H and O–H groups in total. The standard InChI is InChI=1S/C20H26N6O2/c1-13(2)9-12-26-20(28)25-11-10-14(7-8-17(25)24-26)21-19(27)18-22-15-5-3-4-6-16(15)23-18/h3-6,13-14H,7-12H2,1-2H3,(H,21,27)(H,22,23). The van der Waals surface area contributed by atoms with Gasteiger partial charge in [0.15, 0.2) is 5.82 Å². The van der Waals surface area contributed by atoms with Gasteiger partial charge in [-0.25, -0.2) is 14.5 Å². The van der Waals surface area contributed by atoms with Crippen molar-refractivity contribution in [3.05, 3.63) is 46.4 Å². The molecule has 1 amide bonds. The van der Waals surface area contributed by atoms with Gasteiger partial charge in [-0.1, -0.05) is 26.0 Å². The van der Waals surface area contributed by atoms with E-state index in [1.807, 2.05) is 24.3 Å². The third kappa shape index (κ3) is 3.72. The highest BCUT2D eigenvalue weighted by molar-refractivity contribution is 5.94. The van der Waals surface area contributed by atoms with Crippen molar-refractivity contribution < 1.29 is 4.79 Å². The molecule has 0 fully saturated rings. The average molecular weight is 382 g/mol. The lowest BCUT2D eigenvalue weighted by molar-refractivity contribution is 0.0923. The number of carbonyl (C=O) groups excluding carboxylic acids is 1. The minimum Gasteiger partial charge on any atom is -0.347 e. The second-order valence-corrected chi connectivity index (χ2v) is 7.86. The Kier molecular flexibility index (Phi) is 5.02. The Labute approximate surface area is 163 Å². The molecule has 0 aliphatic carbocycles. The van der Waals surface area contributed by atoms with Gasteiger partial charge in [-0.3, -0.25) is 9.36 Å². The number of carbonyl (C=O) groups is 1. The largest absolute Gasteiger partial charge is 0.347 e. The van der Waals surface area contributed by atoms with E-state index < -0.39 is 0 Å². The Morgan fingerprint density at radius 1 is 1.32 bits per heavy atom. The molecule has 0 saturated heterocycles. The molecular weight excluding hydrogens is 356 g/mol. The molecule has 1 aliphatic rings. The molecule has 1 atom stereocenters. The van der Waals surface area contributed by atoms with Crippen molar-refractivity contribution in [2.45, 2.75) is 58.7 Å². The summed E-state index contributed by atoms with van der Waals surface area (Å²) in [6, 6.07) is 7.56. The number of aryl methyl sites for hydroxylation is 2. The number of aromatic nitrogens is 5. The molecule has 4 rings (SSSR count). The zero-order chi connectivity index (χ0) is 19.7. The summed E-state index contributed by atoms with van der Waals surface area (Å²) < 4.78 is 3.34. The number of fused-ring (bicyclic) bond motifs is 2. The van der Waals surface area contributed by atoms with Gasteiger partial charge in [-0.15, -0.1) is 0 Å². The normalized spacial score (nSPS) is 16.9. The number of nitrogens with zero attached hydrogens (tertiary/aromatic N) is 4. The summed E-state index contributed by atoms with van der Waals surface area (Å²) in [6.45, 7) is 5.51. The number of imidazole rings is 1. The van der Waals surface area contributed by atoms with Crippen LogP contribution in [0, 0.1) is 5.92 Å². The van der Waals surface area contributed by atoms with Gasteiger partial charge < -0.3 is 10.3 Å². The smallest absolute Gasteiger partial charge is 0.345 e. The minimum absolute atomic E-state index is 0.00840. The van der Waals surface area contributed by atoms with Crippen LogP contribution in [0.4, 0.5) is 0 Å². The molecule has 0 bridgehead atoms. The first-order valence-electron chi connectivity index (χ1n) is 9.93. The highest BCUT2D eigenvalue weighted by Crippen LogP contribution is 2.14. The lowest BCUT2D eigenvalue weighted by Crippen LogP contribution is -2.36. The van der Waals surface area contributed by atoms with Crippen molar-refractivity contribution in [3.8, 4) is 0 Å². The molecule has 148 valence electrons. The van der Waals surface area contributed by atoms with E-state index in [0.717, 1.165) is 29.7 Å². The van der Waals surface area contributed by atoms with Crippen molar-refractivity contribution in [1.29, 1.82) is 0 Å². The van der Waals surface area contributed by atoms with Crippen molar-refractivity contribution in [3.63, 3.8) is 0 Å². The number of aromatic amines is 1. The van der Waals surface area contributed by atoms with Gasteiger partial charge in [0.2, 0.25) is 0 Å². The van der Waals surface area contributed by atoms with Crippen molar-refractivity contribution in [2.75, 3.05) is 0 Å². The number of H-pyrrole nitrogens is 1. The Balaban J connectivity index is 1.41. The molecule has 2 aromatic heterocycles. The van der Waals surface area contributed by atoms with Crippen LogP contribution in [0.5, 0.6) is 0 Å². The molecular formula is C20H26N6O2. The molecule has 0 saturated carbocycles. The van der Waals surface area contributed by atoms with Gasteiger partial charge in [0, 0.05) is 25.6 Å². The maximum atomic E-state index is 12.6. The van der Waals surface area contributed by atoms with E-state index in [4.69, 9.17) is 0 Å². The average Bonchev–Trinajstić information content (AvgIpc) is 3.17. The lowest BCUT2D eigenvalue weighted by Gasteiger charge is -2.15. The van der Waals surface area contributed by atoms with Crippen LogP contribution in [0.1, 0.15) is 49.6 Å². The molecule has 0 spiro atoms. The summed E-state index contributed by atoms with van der Waals surface area (Å²) in [7, 11) is 0. The number of nitrogens with one attached hydrogen (secondary N) is 2. The Bertz CT molecular complexity index is 1010. The van der Waals surface area contributed by atoms with Crippen LogP contribution >= 0.6 is 0 Å². The number of hydrogen-bond acceptors (Lipinski definition) is 4. The van der Waals surface area contributed by atoms with Crippen LogP contribution < -0.4 is 11.0 Å². The highest BCUT2D eigenvalue weighted by atomic mass is 16.2. The van der Waals surface area contributed by atoms with Crippen LogP contribution in [0.15, 0.2) is 29.1 Å². The zero-order valence-corrected chi connectivity index (χ0v) is 16.3. The van der Waals surface area contributed by atoms with E-state index in [9.17, 15) is 9.59 Å². The maximum absolute atomic E-state index is 12.6. The third-order valence-electron chi connectivity index (χ3n) is 5.27. The number of para-hydroxylation sites is 2. The monoisotopic (exact) mass is 382 g/mol. The first kappa shape index (κ1) is 18.5. The van der Waals surface area contributed by atoms with E-state index in [2.05, 4.69) is 34.2 Å². The summed E-state index contributed by atoms with van der Waals surface area (Å²) in [6.07, 6.45) is 3.07. The fourth-order valence-electron chi connectivity index (χ4n) is 3.61. The van der Waals surface area contributed by atoms with Crippen LogP contribution in [0.2, 0.25) is 0 Å². The molecule has 0 radical (unpaired) electrons. The Hall–Kier alpha value is -2.90. The summed E-state index contributed by atoms with van der Waals surface area (Å²) in [5.74, 6) is 1.45. The fourth-order valence-corrected chi connectivity index (χ4v) is 3.61. The molecule has 1 aliphatic heterocycles. The topological polar surface area (TPSA) is 97.6 Å². The number of hydrogen-bond donors (Lipinski definition) is 2. The zero-order valence-electron chi connectivity index (χ0n) is 16.3. The van der Waals surface area contributed by atoms with Crippen LogP contribution in [0.3, 0.4) is 0 Å². The van der Waals surface area contributed by atoms with Crippen LogP contribution in [-0.4, -0.2) is 36.3 Å². The molecule has 8 heteroatoms. The van der Waals surface area contributed by atoms with Crippen molar-refractivity contribution >= 4 is 16.9 Å². The van der Waals surface area contributed by atoms with Crippen LogP contribution in [-0.2, 0) is 19.5 Å². The Morgan fingerprint density at radius 2 is 2.14 bits per heavy atom. The predicted molar refractivity (Wildman–Crippen MR) is 106 cm³/mol. The molecule has 3 aromatic rings. The van der Waals surface area contributed by atoms with Gasteiger partial charge in [0.05, 0.1) is 11.0 Å². The van der Waals surface area contributed by atoms with E-state index in [1.54, 1.807) is 9.25 Å². The predicted octanol–water partition coefficient (Wildman–Crippen LogP) is 2.10. The SMILES string of the molecule is CC(C)CCn1nc2n(c1=O)CCC(NC(=O)c1nc3ccccc3[nH]1)CC2. The molecule has 1 unspecified atom stereocenters. The van der Waals surface area contributed by atoms with Crippen molar-refractivity contribution in [1.82, 2.24) is 29.6 Å². The summed E-state index contributed by atoms with van der Waals surface area (Å²) in [5.41, 5.74) is 1.58. The molecule has 8 nitrogen and oxygen atoms in total. The molecule has 3 heterocycles. The number of rotatable bonds is 5. The second kappa shape index (κ2) is 7.61. The van der Waals surface area contributed by atoms with Gasteiger partial charge in [0.1, 0.15) is 5.82 Å². The van der Waals surface area contributed by atoms with Crippen molar-refractivity contribution in [2.24, 2.45) is 5.92 Å². The van der Waals surface area contributed by atoms with E-state index in [1.165, 1.54) is 0 Å². The molecule has 28 heavy (non-hydrogen) atoms. The lowest BCUT2D eigenvalue weighted by atomic mass is 10.1. The summed E-state index contributed by atoms with van der Waals surface area (Å²) in [5, 5.41) is 7.57. The van der Waals surface area contributed by atoms with E-state index >= 15 is 0 Å². The maximum Gasteiger partial charge on any atom is 0.345 e. The molecule has 1 aromatic carbocycles. The third-order valence-corrected chi connectivity index (χ3v) is 5.27. The first-order chi connectivity index (χ1) is 13.5.